The molecule has 4 aromatic heterocycles. The molecule has 0 aliphatic carbocycles. The molecule has 0 aliphatic rings. The quantitative estimate of drug-likeness (QED) is 0.253. The lowest BCUT2D eigenvalue weighted by Gasteiger charge is -2.12. The van der Waals surface area contributed by atoms with E-state index in [1.54, 1.807) is 19.1 Å². The molecule has 0 saturated carbocycles. The summed E-state index contributed by atoms with van der Waals surface area (Å²) in [6.07, 6.45) is -2.25. The van der Waals surface area contributed by atoms with Gasteiger partial charge in [-0.3, -0.25) is 14.5 Å². The van der Waals surface area contributed by atoms with Crippen LogP contribution in [0.3, 0.4) is 0 Å². The molecule has 8 nitrogen and oxygen atoms in total. The van der Waals surface area contributed by atoms with Crippen molar-refractivity contribution in [2.45, 2.75) is 18.9 Å². The van der Waals surface area contributed by atoms with Crippen molar-refractivity contribution in [1.82, 2.24) is 24.9 Å². The lowest BCUT2D eigenvalue weighted by molar-refractivity contribution is -0.141. The zero-order chi connectivity index (χ0) is 27.7. The van der Waals surface area contributed by atoms with Crippen LogP contribution in [0.15, 0.2) is 71.8 Å². The summed E-state index contributed by atoms with van der Waals surface area (Å²) in [6, 6.07) is 14.7. The average molecular weight is 571 g/mol. The molecule has 1 unspecified atom stereocenters. The minimum absolute atomic E-state index is 0.00605. The van der Waals surface area contributed by atoms with Crippen molar-refractivity contribution < 1.29 is 17.4 Å². The summed E-state index contributed by atoms with van der Waals surface area (Å²) < 4.78 is 53.5. The van der Waals surface area contributed by atoms with Gasteiger partial charge in [0.2, 0.25) is 5.43 Å². The van der Waals surface area contributed by atoms with Crippen molar-refractivity contribution in [2.24, 2.45) is 0 Å². The van der Waals surface area contributed by atoms with E-state index in [9.17, 15) is 22.2 Å². The highest BCUT2D eigenvalue weighted by Crippen LogP contribution is 2.32. The fourth-order valence-electron chi connectivity index (χ4n) is 3.85. The Kier molecular flexibility index (Phi) is 7.15. The molecule has 2 N–H and O–H groups in total. The normalized spacial score (nSPS) is 12.4. The SMILES string of the molecule is Cc1cc(-c2nc3c(=O)c(NS(=O)Cc4ccc(C(F)(F)F)nc4)c[nH]c3nc2-c2ccccc2)cc(Cl)n1. The van der Waals surface area contributed by atoms with Crippen LogP contribution < -0.4 is 10.2 Å². The van der Waals surface area contributed by atoms with E-state index in [0.29, 0.717) is 28.2 Å². The summed E-state index contributed by atoms with van der Waals surface area (Å²) >= 11 is 6.20. The molecule has 13 heteroatoms. The Morgan fingerprint density at radius 1 is 1.00 bits per heavy atom. The van der Waals surface area contributed by atoms with Gasteiger partial charge in [0.1, 0.15) is 27.5 Å². The van der Waals surface area contributed by atoms with Crippen LogP contribution in [0.2, 0.25) is 5.15 Å². The Bertz CT molecular complexity index is 1740. The van der Waals surface area contributed by atoms with Gasteiger partial charge in [-0.1, -0.05) is 48.0 Å². The molecule has 198 valence electrons. The maximum atomic E-state index is 13.3. The number of anilines is 1. The first-order valence-electron chi connectivity index (χ1n) is 11.4. The van der Waals surface area contributed by atoms with Crippen molar-refractivity contribution >= 4 is 39.4 Å². The maximum absolute atomic E-state index is 13.3. The van der Waals surface area contributed by atoms with Crippen LogP contribution >= 0.6 is 11.6 Å². The highest BCUT2D eigenvalue weighted by Gasteiger charge is 2.32. The van der Waals surface area contributed by atoms with E-state index in [0.717, 1.165) is 17.8 Å². The van der Waals surface area contributed by atoms with E-state index < -0.39 is 28.3 Å². The third-order valence-electron chi connectivity index (χ3n) is 5.59. The summed E-state index contributed by atoms with van der Waals surface area (Å²) in [5.74, 6) is -0.179. The molecule has 0 fully saturated rings. The van der Waals surface area contributed by atoms with Gasteiger partial charge < -0.3 is 4.98 Å². The molecule has 0 saturated heterocycles. The fourth-order valence-corrected chi connectivity index (χ4v) is 5.05. The zero-order valence-electron chi connectivity index (χ0n) is 20.1. The van der Waals surface area contributed by atoms with Crippen LogP contribution in [0.5, 0.6) is 0 Å². The third-order valence-corrected chi connectivity index (χ3v) is 6.83. The van der Waals surface area contributed by atoms with E-state index >= 15 is 0 Å². The summed E-state index contributed by atoms with van der Waals surface area (Å²) in [5.41, 5.74) is 1.78. The minimum atomic E-state index is -4.57. The number of aromatic nitrogens is 5. The van der Waals surface area contributed by atoms with Crippen molar-refractivity contribution in [3.8, 4) is 22.5 Å². The van der Waals surface area contributed by atoms with E-state index in [4.69, 9.17) is 11.6 Å². The van der Waals surface area contributed by atoms with Crippen molar-refractivity contribution in [1.29, 1.82) is 0 Å². The Labute approximate surface area is 226 Å². The zero-order valence-corrected chi connectivity index (χ0v) is 21.7. The Balaban J connectivity index is 1.52. The predicted octanol–water partition coefficient (Wildman–Crippen LogP) is 5.70. The van der Waals surface area contributed by atoms with Crippen LogP contribution in [0.1, 0.15) is 17.0 Å². The molecule has 0 aliphatic heterocycles. The maximum Gasteiger partial charge on any atom is 0.433 e. The minimum Gasteiger partial charge on any atom is -0.342 e. The summed E-state index contributed by atoms with van der Waals surface area (Å²) in [7, 11) is -1.85. The Hall–Kier alpha value is -4.16. The number of aromatic amines is 1. The van der Waals surface area contributed by atoms with Crippen LogP contribution in [-0.2, 0) is 22.9 Å². The van der Waals surface area contributed by atoms with E-state index in [1.165, 1.54) is 12.3 Å². The lowest BCUT2D eigenvalue weighted by atomic mass is 10.0. The summed E-state index contributed by atoms with van der Waals surface area (Å²) in [4.78, 5) is 33.1. The van der Waals surface area contributed by atoms with Crippen LogP contribution in [-0.4, -0.2) is 29.1 Å². The number of fused-ring (bicyclic) bond motifs is 1. The monoisotopic (exact) mass is 570 g/mol. The van der Waals surface area contributed by atoms with Gasteiger partial charge in [0.05, 0.1) is 17.1 Å². The number of nitrogens with zero attached hydrogens (tertiary/aromatic N) is 4. The first-order chi connectivity index (χ1) is 18.6. The Morgan fingerprint density at radius 3 is 2.41 bits per heavy atom. The summed E-state index contributed by atoms with van der Waals surface area (Å²) in [5, 5.41) is 0.253. The van der Waals surface area contributed by atoms with Crippen molar-refractivity contribution in [2.75, 3.05) is 4.72 Å². The van der Waals surface area contributed by atoms with Gasteiger partial charge in [0, 0.05) is 29.2 Å². The van der Waals surface area contributed by atoms with Crippen molar-refractivity contribution in [3.05, 3.63) is 99.3 Å². The lowest BCUT2D eigenvalue weighted by Crippen LogP contribution is -2.17. The van der Waals surface area contributed by atoms with E-state index in [2.05, 4.69) is 29.6 Å². The molecule has 0 radical (unpaired) electrons. The predicted molar refractivity (Wildman–Crippen MR) is 143 cm³/mol. The molecule has 5 rings (SSSR count). The number of nitrogens with one attached hydrogen (secondary N) is 2. The third kappa shape index (κ3) is 5.81. The molecular formula is C26H18ClF3N6O2S. The summed E-state index contributed by atoms with van der Waals surface area (Å²) in [6.45, 7) is 1.78. The van der Waals surface area contributed by atoms with Crippen LogP contribution in [0.4, 0.5) is 18.9 Å². The smallest absolute Gasteiger partial charge is 0.342 e. The molecule has 39 heavy (non-hydrogen) atoms. The topological polar surface area (TPSA) is 114 Å². The molecule has 4 heterocycles. The average Bonchev–Trinajstić information content (AvgIpc) is 2.89. The number of hydrogen-bond donors (Lipinski definition) is 2. The van der Waals surface area contributed by atoms with Gasteiger partial charge in [0.25, 0.3) is 0 Å². The second-order valence-electron chi connectivity index (χ2n) is 8.48. The van der Waals surface area contributed by atoms with E-state index in [-0.39, 0.29) is 27.8 Å². The molecule has 0 spiro atoms. The van der Waals surface area contributed by atoms with Gasteiger partial charge >= 0.3 is 6.18 Å². The Morgan fingerprint density at radius 2 is 1.74 bits per heavy atom. The first-order valence-corrected chi connectivity index (χ1v) is 13.1. The van der Waals surface area contributed by atoms with Crippen LogP contribution in [0.25, 0.3) is 33.7 Å². The second-order valence-corrected chi connectivity index (χ2v) is 10.0. The molecule has 0 bridgehead atoms. The van der Waals surface area contributed by atoms with Gasteiger partial charge in [-0.15, -0.1) is 0 Å². The number of pyridine rings is 3. The number of rotatable bonds is 6. The van der Waals surface area contributed by atoms with Crippen molar-refractivity contribution in [3.63, 3.8) is 0 Å². The molecule has 5 aromatic rings. The number of H-pyrrole nitrogens is 1. The highest BCUT2D eigenvalue weighted by atomic mass is 35.5. The standard InChI is InChI=1S/C26H18ClF3N6O2S/c1-14-9-17(10-20(27)33-14)22-21(16-5-3-2-4-6-16)35-25-23(34-22)24(37)18(12-32-25)36-39(38)13-15-7-8-19(31-11-15)26(28,29)30/h2-12,36H,13H2,1H3,(H,32,35,37). The molecule has 0 amide bonds. The largest absolute Gasteiger partial charge is 0.433 e. The molecule has 1 atom stereocenters. The number of aryl methyl sites for hydroxylation is 1. The highest BCUT2D eigenvalue weighted by molar-refractivity contribution is 7.85. The van der Waals surface area contributed by atoms with Gasteiger partial charge in [-0.25, -0.2) is 19.2 Å². The van der Waals surface area contributed by atoms with E-state index in [1.807, 2.05) is 30.3 Å². The number of halogens is 4. The number of hydrogen-bond acceptors (Lipinski definition) is 6. The van der Waals surface area contributed by atoms with Crippen LogP contribution in [0, 0.1) is 6.92 Å². The molecule has 1 aromatic carbocycles. The van der Waals surface area contributed by atoms with Gasteiger partial charge in [0.15, 0.2) is 11.2 Å². The first kappa shape index (κ1) is 26.4. The number of benzene rings is 1. The van der Waals surface area contributed by atoms with Gasteiger partial charge in [-0.05, 0) is 30.7 Å². The fraction of sp³-hybridized carbons (Fsp3) is 0.115. The second kappa shape index (κ2) is 10.5. The van der Waals surface area contributed by atoms with Gasteiger partial charge in [-0.2, -0.15) is 13.2 Å². The molecular weight excluding hydrogens is 553 g/mol. The number of alkyl halides is 3.